The summed E-state index contributed by atoms with van der Waals surface area (Å²) in [5.74, 6) is 0.0207. The lowest BCUT2D eigenvalue weighted by Gasteiger charge is -2.31. The zero-order chi connectivity index (χ0) is 13.0. The maximum Gasteiger partial charge on any atom is 0.126 e. The Morgan fingerprint density at radius 2 is 2.12 bits per heavy atom. The van der Waals surface area contributed by atoms with Crippen molar-refractivity contribution in [3.63, 3.8) is 0 Å². The fraction of sp³-hybridized carbons (Fsp3) is 0.462. The second-order valence-corrected chi connectivity index (χ2v) is 4.50. The highest BCUT2D eigenvalue weighted by Crippen LogP contribution is 2.28. The first-order chi connectivity index (χ1) is 8.02. The Morgan fingerprint density at radius 1 is 1.47 bits per heavy atom. The molecule has 0 fully saturated rings. The Morgan fingerprint density at radius 3 is 2.59 bits per heavy atom. The highest BCUT2D eigenvalue weighted by Gasteiger charge is 2.18. The molecule has 0 saturated heterocycles. The molecule has 0 spiro atoms. The van der Waals surface area contributed by atoms with Crippen LogP contribution in [-0.2, 0) is 0 Å². The molecule has 0 aromatic heterocycles. The molecule has 1 unspecified atom stereocenters. The minimum Gasteiger partial charge on any atom is -0.384 e. The van der Waals surface area contributed by atoms with Crippen LogP contribution >= 0.6 is 11.6 Å². The standard InChI is InChI=1S/C13H20ClN3/c1-4-9(3)17(5-2)11-8-6-7-10(14)12(11)13(15)16/h6-9H,4-5H2,1-3H3,(H3,15,16). The highest BCUT2D eigenvalue weighted by molar-refractivity contribution is 6.34. The van der Waals surface area contributed by atoms with Crippen molar-refractivity contribution in [2.75, 3.05) is 11.4 Å². The first-order valence-corrected chi connectivity index (χ1v) is 6.30. The summed E-state index contributed by atoms with van der Waals surface area (Å²) in [7, 11) is 0. The van der Waals surface area contributed by atoms with Crippen LogP contribution in [0.15, 0.2) is 18.2 Å². The molecule has 4 heteroatoms. The molecule has 0 saturated carbocycles. The van der Waals surface area contributed by atoms with E-state index in [1.807, 2.05) is 12.1 Å². The molecule has 0 radical (unpaired) electrons. The molecule has 3 N–H and O–H groups in total. The number of nitrogens with two attached hydrogens (primary N) is 1. The zero-order valence-corrected chi connectivity index (χ0v) is 11.4. The molecule has 3 nitrogen and oxygen atoms in total. The number of halogens is 1. The zero-order valence-electron chi connectivity index (χ0n) is 10.6. The summed E-state index contributed by atoms with van der Waals surface area (Å²) in [5, 5.41) is 8.19. The van der Waals surface area contributed by atoms with Crippen molar-refractivity contribution in [3.8, 4) is 0 Å². The maximum atomic E-state index is 7.65. The van der Waals surface area contributed by atoms with Crippen LogP contribution in [-0.4, -0.2) is 18.4 Å². The lowest BCUT2D eigenvalue weighted by atomic mass is 10.1. The van der Waals surface area contributed by atoms with Gasteiger partial charge in [-0.05, 0) is 32.4 Å². The first kappa shape index (κ1) is 13.8. The molecular weight excluding hydrogens is 234 g/mol. The van der Waals surface area contributed by atoms with Crippen molar-refractivity contribution in [1.29, 1.82) is 5.41 Å². The van der Waals surface area contributed by atoms with Crippen LogP contribution in [0.5, 0.6) is 0 Å². The summed E-state index contributed by atoms with van der Waals surface area (Å²) in [6.07, 6.45) is 1.04. The number of nitrogens with one attached hydrogen (secondary N) is 1. The third-order valence-corrected chi connectivity index (χ3v) is 3.35. The fourth-order valence-corrected chi connectivity index (χ4v) is 2.23. The van der Waals surface area contributed by atoms with Gasteiger partial charge in [0.2, 0.25) is 0 Å². The highest BCUT2D eigenvalue weighted by atomic mass is 35.5. The molecule has 0 amide bonds. The van der Waals surface area contributed by atoms with Gasteiger partial charge in [-0.3, -0.25) is 5.41 Å². The van der Waals surface area contributed by atoms with Crippen LogP contribution in [0.3, 0.4) is 0 Å². The lowest BCUT2D eigenvalue weighted by molar-refractivity contribution is 0.629. The van der Waals surface area contributed by atoms with Crippen LogP contribution in [0.25, 0.3) is 0 Å². The van der Waals surface area contributed by atoms with E-state index in [0.29, 0.717) is 16.6 Å². The van der Waals surface area contributed by atoms with Crippen molar-refractivity contribution < 1.29 is 0 Å². The molecular formula is C13H20ClN3. The van der Waals surface area contributed by atoms with Gasteiger partial charge in [0.15, 0.2) is 0 Å². The quantitative estimate of drug-likeness (QED) is 0.625. The number of nitrogen functional groups attached to an aromatic ring is 1. The summed E-state index contributed by atoms with van der Waals surface area (Å²) in [5.41, 5.74) is 7.20. The van der Waals surface area contributed by atoms with Gasteiger partial charge in [-0.1, -0.05) is 24.6 Å². The first-order valence-electron chi connectivity index (χ1n) is 5.92. The molecule has 1 atom stereocenters. The monoisotopic (exact) mass is 253 g/mol. The van der Waals surface area contributed by atoms with Crippen molar-refractivity contribution in [2.24, 2.45) is 5.73 Å². The van der Waals surface area contributed by atoms with Gasteiger partial charge >= 0.3 is 0 Å². The number of benzene rings is 1. The molecule has 0 bridgehead atoms. The lowest BCUT2D eigenvalue weighted by Crippen LogP contribution is -2.34. The van der Waals surface area contributed by atoms with Crippen molar-refractivity contribution in [3.05, 3.63) is 28.8 Å². The van der Waals surface area contributed by atoms with Crippen LogP contribution in [0, 0.1) is 5.41 Å². The summed E-state index contributed by atoms with van der Waals surface area (Å²) in [6.45, 7) is 7.27. The Hall–Kier alpha value is -1.22. The summed E-state index contributed by atoms with van der Waals surface area (Å²) >= 11 is 6.13. The van der Waals surface area contributed by atoms with Gasteiger partial charge in [-0.15, -0.1) is 0 Å². The molecule has 1 rings (SSSR count). The van der Waals surface area contributed by atoms with E-state index in [0.717, 1.165) is 18.7 Å². The van der Waals surface area contributed by atoms with Crippen molar-refractivity contribution in [2.45, 2.75) is 33.2 Å². The van der Waals surface area contributed by atoms with Crippen LogP contribution in [0.2, 0.25) is 5.02 Å². The van der Waals surface area contributed by atoms with Gasteiger partial charge in [-0.2, -0.15) is 0 Å². The van der Waals surface area contributed by atoms with E-state index in [1.165, 1.54) is 0 Å². The SMILES string of the molecule is CCC(C)N(CC)c1cccc(Cl)c1C(=N)N. The van der Waals surface area contributed by atoms with E-state index in [4.69, 9.17) is 22.7 Å². The van der Waals surface area contributed by atoms with Crippen LogP contribution < -0.4 is 10.6 Å². The van der Waals surface area contributed by atoms with E-state index in [2.05, 4.69) is 25.7 Å². The summed E-state index contributed by atoms with van der Waals surface area (Å²) in [6, 6.07) is 6.04. The molecule has 1 aromatic carbocycles. The second-order valence-electron chi connectivity index (χ2n) is 4.09. The largest absolute Gasteiger partial charge is 0.384 e. The number of anilines is 1. The van der Waals surface area contributed by atoms with E-state index < -0.39 is 0 Å². The third kappa shape index (κ3) is 2.91. The Kier molecular flexibility index (Phi) is 4.82. The molecule has 1 aromatic rings. The second kappa shape index (κ2) is 5.92. The van der Waals surface area contributed by atoms with Crippen molar-refractivity contribution >= 4 is 23.1 Å². The molecule has 0 heterocycles. The number of hydrogen-bond acceptors (Lipinski definition) is 2. The number of nitrogens with zero attached hydrogens (tertiary/aromatic N) is 1. The van der Waals surface area contributed by atoms with Crippen LogP contribution in [0.1, 0.15) is 32.8 Å². The number of amidine groups is 1. The molecule has 0 aliphatic heterocycles. The maximum absolute atomic E-state index is 7.65. The topological polar surface area (TPSA) is 53.1 Å². The molecule has 0 aliphatic carbocycles. The molecule has 17 heavy (non-hydrogen) atoms. The van der Waals surface area contributed by atoms with E-state index in [-0.39, 0.29) is 5.84 Å². The van der Waals surface area contributed by atoms with Gasteiger partial charge in [0.25, 0.3) is 0 Å². The van der Waals surface area contributed by atoms with E-state index in [1.54, 1.807) is 6.07 Å². The smallest absolute Gasteiger partial charge is 0.126 e. The van der Waals surface area contributed by atoms with Gasteiger partial charge in [0, 0.05) is 18.3 Å². The van der Waals surface area contributed by atoms with E-state index in [9.17, 15) is 0 Å². The predicted octanol–water partition coefficient (Wildman–Crippen LogP) is 3.25. The average Bonchev–Trinajstić information content (AvgIpc) is 2.29. The third-order valence-electron chi connectivity index (χ3n) is 3.03. The van der Waals surface area contributed by atoms with Gasteiger partial charge in [0.05, 0.1) is 10.6 Å². The van der Waals surface area contributed by atoms with Gasteiger partial charge < -0.3 is 10.6 Å². The fourth-order valence-electron chi connectivity index (χ4n) is 1.96. The van der Waals surface area contributed by atoms with Crippen LogP contribution in [0.4, 0.5) is 5.69 Å². The van der Waals surface area contributed by atoms with Gasteiger partial charge in [0.1, 0.15) is 5.84 Å². The Labute approximate surface area is 108 Å². The Bertz CT molecular complexity index is 404. The minimum absolute atomic E-state index is 0.0207. The molecule has 94 valence electrons. The predicted molar refractivity (Wildman–Crippen MR) is 75.2 cm³/mol. The summed E-state index contributed by atoms with van der Waals surface area (Å²) < 4.78 is 0. The minimum atomic E-state index is 0.0207. The molecule has 0 aliphatic rings. The van der Waals surface area contributed by atoms with Crippen molar-refractivity contribution in [1.82, 2.24) is 0 Å². The Balaban J connectivity index is 3.28. The average molecular weight is 254 g/mol. The van der Waals surface area contributed by atoms with E-state index >= 15 is 0 Å². The number of rotatable bonds is 5. The number of hydrogen-bond donors (Lipinski definition) is 2. The normalized spacial score (nSPS) is 12.2. The summed E-state index contributed by atoms with van der Waals surface area (Å²) in [4.78, 5) is 2.22. The van der Waals surface area contributed by atoms with Gasteiger partial charge in [-0.25, -0.2) is 0 Å².